The van der Waals surface area contributed by atoms with Crippen molar-refractivity contribution in [1.82, 2.24) is 0 Å². The van der Waals surface area contributed by atoms with Gasteiger partial charge in [0.1, 0.15) is 11.4 Å². The molecule has 0 spiro atoms. The van der Waals surface area contributed by atoms with Crippen LogP contribution in [0.1, 0.15) is 18.1 Å². The molecule has 33 heavy (non-hydrogen) atoms. The lowest BCUT2D eigenvalue weighted by Gasteiger charge is -2.23. The molecule has 2 aromatic carbocycles. The average molecular weight is 507 g/mol. The summed E-state index contributed by atoms with van der Waals surface area (Å²) in [5.74, 6) is -2.40. The summed E-state index contributed by atoms with van der Waals surface area (Å²) in [5, 5.41) is 12.1. The number of amides is 1. The summed E-state index contributed by atoms with van der Waals surface area (Å²) in [6.45, 7) is 0.934. The van der Waals surface area contributed by atoms with Crippen LogP contribution in [0.3, 0.4) is 0 Å². The molecule has 182 valence electrons. The number of hydrogen-bond acceptors (Lipinski definition) is 4. The van der Waals surface area contributed by atoms with Gasteiger partial charge >= 0.3 is 18.7 Å². The first-order valence-corrected chi connectivity index (χ1v) is 9.67. The Balaban J connectivity index is 2.17. The molecule has 14 heteroatoms. The van der Waals surface area contributed by atoms with E-state index >= 15 is 0 Å². The number of aliphatic hydroxyl groups is 1. The van der Waals surface area contributed by atoms with Gasteiger partial charge in [-0.15, -0.1) is 24.9 Å². The summed E-state index contributed by atoms with van der Waals surface area (Å²) in [5.41, 5.74) is -6.50. The third kappa shape index (κ3) is 8.03. The Morgan fingerprint density at radius 3 is 1.97 bits per heavy atom. The van der Waals surface area contributed by atoms with Crippen LogP contribution in [-0.2, 0) is 17.1 Å². The molecule has 2 aromatic rings. The molecule has 1 atom stereocenters. The predicted octanol–water partition coefficient (Wildman–Crippen LogP) is 6.10. The maximum atomic E-state index is 12.9. The van der Waals surface area contributed by atoms with E-state index in [4.69, 9.17) is 0 Å². The van der Waals surface area contributed by atoms with Gasteiger partial charge in [0.25, 0.3) is 5.91 Å². The molecule has 0 aliphatic rings. The van der Waals surface area contributed by atoms with E-state index in [1.165, 1.54) is 12.1 Å². The van der Waals surface area contributed by atoms with Gasteiger partial charge < -0.3 is 15.2 Å². The summed E-state index contributed by atoms with van der Waals surface area (Å²) in [6, 6.07) is 4.94. The van der Waals surface area contributed by atoms with Crippen LogP contribution in [0, 0.1) is 0 Å². The first-order valence-electron chi connectivity index (χ1n) is 8.69. The average Bonchev–Trinajstić information content (AvgIpc) is 2.64. The number of carbonyl (C=O) groups is 1. The fourth-order valence-corrected chi connectivity index (χ4v) is 3.30. The number of benzene rings is 2. The Bertz CT molecular complexity index is 969. The molecule has 4 nitrogen and oxygen atoms in total. The number of anilines is 1. The van der Waals surface area contributed by atoms with Crippen LogP contribution >= 0.6 is 11.8 Å². The maximum absolute atomic E-state index is 12.9. The zero-order valence-corrected chi connectivity index (χ0v) is 17.1. The number of ether oxygens (including phenoxy) is 1. The van der Waals surface area contributed by atoms with Crippen molar-refractivity contribution in [3.05, 3.63) is 53.6 Å². The van der Waals surface area contributed by atoms with Crippen LogP contribution in [0.5, 0.6) is 5.75 Å². The summed E-state index contributed by atoms with van der Waals surface area (Å²) < 4.78 is 118. The third-order valence-corrected chi connectivity index (χ3v) is 5.19. The lowest BCUT2D eigenvalue weighted by atomic mass is 10.1. The Hall–Kier alpha value is -2.61. The highest BCUT2D eigenvalue weighted by atomic mass is 32.2. The van der Waals surface area contributed by atoms with Gasteiger partial charge in [-0.2, -0.15) is 26.3 Å². The van der Waals surface area contributed by atoms with Crippen molar-refractivity contribution in [2.45, 2.75) is 36.1 Å². The monoisotopic (exact) mass is 507 g/mol. The molecule has 0 radical (unpaired) electrons. The Kier molecular flexibility index (Phi) is 7.53. The van der Waals surface area contributed by atoms with E-state index in [0.29, 0.717) is 11.8 Å². The Labute approximate surface area is 184 Å². The van der Waals surface area contributed by atoms with E-state index in [-0.39, 0.29) is 23.1 Å². The summed E-state index contributed by atoms with van der Waals surface area (Å²) in [4.78, 5) is 12.5. The van der Waals surface area contributed by atoms with E-state index in [0.717, 1.165) is 19.1 Å². The van der Waals surface area contributed by atoms with Gasteiger partial charge in [0.2, 0.25) is 0 Å². The predicted molar refractivity (Wildman–Crippen MR) is 99.5 cm³/mol. The molecule has 2 N–H and O–H groups in total. The van der Waals surface area contributed by atoms with Gasteiger partial charge in [-0.05, 0) is 43.3 Å². The molecule has 0 saturated heterocycles. The van der Waals surface area contributed by atoms with E-state index < -0.39 is 58.5 Å². The van der Waals surface area contributed by atoms with Crippen LogP contribution in [0.15, 0.2) is 47.4 Å². The first-order chi connectivity index (χ1) is 14.9. The molecular formula is C19H14F9NO3S. The van der Waals surface area contributed by atoms with Crippen molar-refractivity contribution in [2.75, 3.05) is 11.1 Å². The molecular weight excluding hydrogens is 493 g/mol. The Morgan fingerprint density at radius 2 is 1.48 bits per heavy atom. The molecule has 2 rings (SSSR count). The number of carbonyl (C=O) groups excluding carboxylic acids is 1. The highest BCUT2D eigenvalue weighted by Gasteiger charge is 2.38. The SMILES string of the molecule is CC(O)(CSc1cccc(OC(F)(F)F)c1)C(=O)Nc1cc(C(F)(F)F)cc(C(F)(F)F)c1. The normalized spacial score (nSPS) is 14.5. The van der Waals surface area contributed by atoms with Crippen LogP contribution < -0.4 is 10.1 Å². The molecule has 0 saturated carbocycles. The second-order valence-electron chi connectivity index (χ2n) is 6.83. The minimum atomic E-state index is -5.14. The van der Waals surface area contributed by atoms with Crippen LogP contribution in [0.4, 0.5) is 45.2 Å². The standard InChI is InChI=1S/C19H14F9NO3S/c1-16(31,9-33-14-4-2-3-13(8-14)32-19(26,27)28)15(30)29-12-6-10(17(20,21)22)5-11(7-12)18(23,24)25/h2-8,31H,9H2,1H3,(H,29,30). The fraction of sp³-hybridized carbons (Fsp3) is 0.316. The summed E-state index contributed by atoms with van der Waals surface area (Å²) in [6.07, 6.45) is -15.2. The van der Waals surface area contributed by atoms with Gasteiger partial charge in [-0.1, -0.05) is 6.07 Å². The Morgan fingerprint density at radius 1 is 0.939 bits per heavy atom. The van der Waals surface area contributed by atoms with Crippen LogP contribution in [0.25, 0.3) is 0 Å². The maximum Gasteiger partial charge on any atom is 0.573 e. The molecule has 0 aliphatic heterocycles. The zero-order valence-electron chi connectivity index (χ0n) is 16.3. The van der Waals surface area contributed by atoms with Crippen LogP contribution in [-0.4, -0.2) is 28.7 Å². The van der Waals surface area contributed by atoms with E-state index in [2.05, 4.69) is 4.74 Å². The first kappa shape index (κ1) is 26.6. The molecule has 1 unspecified atom stereocenters. The second kappa shape index (κ2) is 9.33. The number of hydrogen-bond donors (Lipinski definition) is 2. The number of halogens is 9. The molecule has 0 fully saturated rings. The van der Waals surface area contributed by atoms with E-state index in [1.54, 1.807) is 0 Å². The van der Waals surface area contributed by atoms with Crippen molar-refractivity contribution in [3.63, 3.8) is 0 Å². The highest BCUT2D eigenvalue weighted by Crippen LogP contribution is 2.38. The van der Waals surface area contributed by atoms with Gasteiger partial charge in [0.05, 0.1) is 11.1 Å². The summed E-state index contributed by atoms with van der Waals surface area (Å²) >= 11 is 0.703. The quantitative estimate of drug-likeness (QED) is 0.366. The van der Waals surface area contributed by atoms with Gasteiger partial charge in [0, 0.05) is 16.3 Å². The minimum absolute atomic E-state index is 0.125. The highest BCUT2D eigenvalue weighted by molar-refractivity contribution is 7.99. The summed E-state index contributed by atoms with van der Waals surface area (Å²) in [7, 11) is 0. The lowest BCUT2D eigenvalue weighted by Crippen LogP contribution is -2.42. The number of nitrogens with one attached hydrogen (secondary N) is 1. The topological polar surface area (TPSA) is 58.6 Å². The molecule has 0 heterocycles. The van der Waals surface area contributed by atoms with Crippen molar-refractivity contribution >= 4 is 23.4 Å². The van der Waals surface area contributed by atoms with Crippen LogP contribution in [0.2, 0.25) is 0 Å². The van der Waals surface area contributed by atoms with E-state index in [1.807, 2.05) is 5.32 Å². The fourth-order valence-electron chi connectivity index (χ4n) is 2.34. The van der Waals surface area contributed by atoms with E-state index in [9.17, 15) is 49.4 Å². The van der Waals surface area contributed by atoms with Crippen molar-refractivity contribution in [3.8, 4) is 5.75 Å². The lowest BCUT2D eigenvalue weighted by molar-refractivity contribution is -0.274. The van der Waals surface area contributed by atoms with Gasteiger partial charge in [-0.3, -0.25) is 4.79 Å². The number of alkyl halides is 9. The second-order valence-corrected chi connectivity index (χ2v) is 7.88. The molecule has 1 amide bonds. The largest absolute Gasteiger partial charge is 0.573 e. The number of rotatable bonds is 6. The zero-order chi connectivity index (χ0) is 25.2. The van der Waals surface area contributed by atoms with Crippen molar-refractivity contribution in [1.29, 1.82) is 0 Å². The van der Waals surface area contributed by atoms with Crippen molar-refractivity contribution < 1.29 is 54.2 Å². The minimum Gasteiger partial charge on any atom is -0.406 e. The molecule has 0 bridgehead atoms. The van der Waals surface area contributed by atoms with Gasteiger partial charge in [0.15, 0.2) is 0 Å². The molecule has 0 aromatic heterocycles. The third-order valence-electron chi connectivity index (χ3n) is 3.89. The smallest absolute Gasteiger partial charge is 0.406 e. The number of thioether (sulfide) groups is 1. The van der Waals surface area contributed by atoms with Crippen molar-refractivity contribution in [2.24, 2.45) is 0 Å². The van der Waals surface area contributed by atoms with Gasteiger partial charge in [-0.25, -0.2) is 0 Å². The molecule has 0 aliphatic carbocycles.